The molecule has 118 valence electrons. The highest BCUT2D eigenvalue weighted by Crippen LogP contribution is 2.29. The quantitative estimate of drug-likeness (QED) is 0.660. The molecule has 1 atom stereocenters. The van der Waals surface area contributed by atoms with Gasteiger partial charge in [-0.2, -0.15) is 0 Å². The Balaban J connectivity index is 1.59. The summed E-state index contributed by atoms with van der Waals surface area (Å²) >= 11 is 0. The van der Waals surface area contributed by atoms with Crippen molar-refractivity contribution >= 4 is 21.7 Å². The Bertz CT molecular complexity index is 558. The molecule has 0 aromatic carbocycles. The zero-order valence-corrected chi connectivity index (χ0v) is 13.0. The molecule has 1 saturated carbocycles. The lowest BCUT2D eigenvalue weighted by molar-refractivity contribution is -0.132. The lowest BCUT2D eigenvalue weighted by atomic mass is 10.2. The van der Waals surface area contributed by atoms with Gasteiger partial charge in [-0.25, -0.2) is 8.42 Å². The van der Waals surface area contributed by atoms with Gasteiger partial charge in [0.15, 0.2) is 9.84 Å². The van der Waals surface area contributed by atoms with Crippen LogP contribution in [0.25, 0.3) is 0 Å². The van der Waals surface area contributed by atoms with Crippen molar-refractivity contribution in [2.45, 2.75) is 31.3 Å². The third-order valence-electron chi connectivity index (χ3n) is 4.54. The molecule has 0 spiro atoms. The third-order valence-corrected chi connectivity index (χ3v) is 6.24. The lowest BCUT2D eigenvalue weighted by Crippen LogP contribution is -2.48. The standard InChI is InChI=1S/C13H21N3O4S/c1-14-4-5-21(19,20)8-11(14)6-12(17)15-7-13(18)16(9-15)10-2-3-10/h10-11H,2-9H2,1H3. The molecule has 2 aliphatic heterocycles. The predicted octanol–water partition coefficient (Wildman–Crippen LogP) is -1.10. The Kier molecular flexibility index (Phi) is 3.69. The van der Waals surface area contributed by atoms with Crippen LogP contribution in [0.4, 0.5) is 0 Å². The third kappa shape index (κ3) is 3.21. The summed E-state index contributed by atoms with van der Waals surface area (Å²) in [5.41, 5.74) is 0. The maximum atomic E-state index is 12.3. The van der Waals surface area contributed by atoms with E-state index < -0.39 is 9.84 Å². The van der Waals surface area contributed by atoms with E-state index in [9.17, 15) is 18.0 Å². The van der Waals surface area contributed by atoms with E-state index in [4.69, 9.17) is 0 Å². The van der Waals surface area contributed by atoms with Crippen LogP contribution in [0, 0.1) is 0 Å². The van der Waals surface area contributed by atoms with Gasteiger partial charge in [-0.1, -0.05) is 0 Å². The molecule has 1 unspecified atom stereocenters. The summed E-state index contributed by atoms with van der Waals surface area (Å²) in [6.07, 6.45) is 2.22. The summed E-state index contributed by atoms with van der Waals surface area (Å²) in [6.45, 7) is 0.970. The molecule has 3 rings (SSSR count). The van der Waals surface area contributed by atoms with Gasteiger partial charge in [0.05, 0.1) is 18.2 Å². The largest absolute Gasteiger partial charge is 0.320 e. The van der Waals surface area contributed by atoms with Gasteiger partial charge in [0.1, 0.15) is 6.54 Å². The van der Waals surface area contributed by atoms with Crippen LogP contribution < -0.4 is 0 Å². The monoisotopic (exact) mass is 315 g/mol. The van der Waals surface area contributed by atoms with Crippen LogP contribution in [-0.2, 0) is 19.4 Å². The van der Waals surface area contributed by atoms with Gasteiger partial charge in [-0.15, -0.1) is 0 Å². The van der Waals surface area contributed by atoms with Crippen molar-refractivity contribution in [2.24, 2.45) is 0 Å². The molecule has 0 aromatic rings. The van der Waals surface area contributed by atoms with E-state index in [1.54, 1.807) is 9.80 Å². The molecule has 0 radical (unpaired) electrons. The van der Waals surface area contributed by atoms with Gasteiger partial charge >= 0.3 is 0 Å². The predicted molar refractivity (Wildman–Crippen MR) is 76.1 cm³/mol. The van der Waals surface area contributed by atoms with Crippen molar-refractivity contribution < 1.29 is 18.0 Å². The smallest absolute Gasteiger partial charge is 0.243 e. The zero-order valence-electron chi connectivity index (χ0n) is 12.2. The number of carbonyl (C=O) groups excluding carboxylic acids is 2. The molecule has 3 aliphatic rings. The number of hydrogen-bond donors (Lipinski definition) is 0. The minimum absolute atomic E-state index is 0.00969. The number of rotatable bonds is 3. The lowest BCUT2D eigenvalue weighted by Gasteiger charge is -2.32. The first-order chi connectivity index (χ1) is 9.85. The second-order valence-corrected chi connectivity index (χ2v) is 8.51. The minimum atomic E-state index is -3.05. The molecule has 2 amide bonds. The van der Waals surface area contributed by atoms with Gasteiger partial charge in [-0.05, 0) is 19.9 Å². The van der Waals surface area contributed by atoms with Crippen molar-refractivity contribution in [1.29, 1.82) is 0 Å². The molecular weight excluding hydrogens is 294 g/mol. The molecular formula is C13H21N3O4S. The molecule has 2 heterocycles. The summed E-state index contributed by atoms with van der Waals surface area (Å²) in [5.74, 6) is 0.0748. The van der Waals surface area contributed by atoms with Gasteiger partial charge < -0.3 is 14.7 Å². The summed E-state index contributed by atoms with van der Waals surface area (Å²) in [5, 5.41) is 0. The Morgan fingerprint density at radius 2 is 2.05 bits per heavy atom. The second kappa shape index (κ2) is 5.24. The van der Waals surface area contributed by atoms with Crippen LogP contribution in [0.2, 0.25) is 0 Å². The van der Waals surface area contributed by atoms with Gasteiger partial charge in [0, 0.05) is 25.0 Å². The Morgan fingerprint density at radius 1 is 1.33 bits per heavy atom. The number of carbonyl (C=O) groups is 2. The van der Waals surface area contributed by atoms with Gasteiger partial charge in [-0.3, -0.25) is 9.59 Å². The van der Waals surface area contributed by atoms with E-state index in [1.807, 2.05) is 11.9 Å². The average Bonchev–Trinajstić information content (AvgIpc) is 3.17. The first kappa shape index (κ1) is 14.8. The SMILES string of the molecule is CN1CCS(=O)(=O)CC1CC(=O)N1CC(=O)N(C2CC2)C1. The van der Waals surface area contributed by atoms with Crippen LogP contribution in [0.3, 0.4) is 0 Å². The molecule has 2 saturated heterocycles. The first-order valence-corrected chi connectivity index (χ1v) is 9.16. The van der Waals surface area contributed by atoms with Crippen molar-refractivity contribution in [3.05, 3.63) is 0 Å². The van der Waals surface area contributed by atoms with E-state index in [-0.39, 0.29) is 42.3 Å². The summed E-state index contributed by atoms with van der Waals surface area (Å²) in [6, 6.07) is 0.0364. The minimum Gasteiger partial charge on any atom is -0.320 e. The molecule has 8 heteroatoms. The maximum absolute atomic E-state index is 12.3. The van der Waals surface area contributed by atoms with Crippen LogP contribution in [0.1, 0.15) is 19.3 Å². The topological polar surface area (TPSA) is 78.0 Å². The summed E-state index contributed by atoms with van der Waals surface area (Å²) in [7, 11) is -1.20. The molecule has 0 aromatic heterocycles. The van der Waals surface area contributed by atoms with E-state index >= 15 is 0 Å². The zero-order chi connectivity index (χ0) is 15.2. The van der Waals surface area contributed by atoms with E-state index in [1.165, 1.54) is 0 Å². The van der Waals surface area contributed by atoms with E-state index in [0.717, 1.165) is 12.8 Å². The Hall–Kier alpha value is -1.15. The number of amides is 2. The molecule has 1 aliphatic carbocycles. The van der Waals surface area contributed by atoms with Crippen molar-refractivity contribution in [1.82, 2.24) is 14.7 Å². The average molecular weight is 315 g/mol. The van der Waals surface area contributed by atoms with E-state index in [0.29, 0.717) is 19.3 Å². The highest BCUT2D eigenvalue weighted by atomic mass is 32.2. The summed E-state index contributed by atoms with van der Waals surface area (Å²) < 4.78 is 23.4. The molecule has 0 N–H and O–H groups in total. The molecule has 21 heavy (non-hydrogen) atoms. The van der Waals surface area contributed by atoms with E-state index in [2.05, 4.69) is 0 Å². The fourth-order valence-electron chi connectivity index (χ4n) is 2.95. The fourth-order valence-corrected chi connectivity index (χ4v) is 4.65. The van der Waals surface area contributed by atoms with Gasteiger partial charge in [0.2, 0.25) is 11.8 Å². The molecule has 0 bridgehead atoms. The fraction of sp³-hybridized carbons (Fsp3) is 0.846. The highest BCUT2D eigenvalue weighted by Gasteiger charge is 2.40. The number of nitrogens with zero attached hydrogens (tertiary/aromatic N) is 3. The van der Waals surface area contributed by atoms with Crippen molar-refractivity contribution in [3.8, 4) is 0 Å². The first-order valence-electron chi connectivity index (χ1n) is 7.33. The Labute approximate surface area is 124 Å². The van der Waals surface area contributed by atoms with Crippen LogP contribution in [0.5, 0.6) is 0 Å². The summed E-state index contributed by atoms with van der Waals surface area (Å²) in [4.78, 5) is 29.4. The second-order valence-electron chi connectivity index (χ2n) is 6.28. The normalized spacial score (nSPS) is 30.0. The van der Waals surface area contributed by atoms with Crippen molar-refractivity contribution in [3.63, 3.8) is 0 Å². The number of sulfone groups is 1. The Morgan fingerprint density at radius 3 is 2.71 bits per heavy atom. The van der Waals surface area contributed by atoms with Crippen LogP contribution in [0.15, 0.2) is 0 Å². The highest BCUT2D eigenvalue weighted by molar-refractivity contribution is 7.91. The maximum Gasteiger partial charge on any atom is 0.243 e. The molecule has 3 fully saturated rings. The number of hydrogen-bond acceptors (Lipinski definition) is 5. The van der Waals surface area contributed by atoms with Gasteiger partial charge in [0.25, 0.3) is 0 Å². The molecule has 7 nitrogen and oxygen atoms in total. The van der Waals surface area contributed by atoms with Crippen LogP contribution in [-0.4, -0.2) is 85.3 Å². The van der Waals surface area contributed by atoms with Crippen molar-refractivity contribution in [2.75, 3.05) is 38.3 Å². The van der Waals surface area contributed by atoms with Crippen LogP contribution >= 0.6 is 0 Å².